The minimum atomic E-state index is -0.689. The van der Waals surface area contributed by atoms with Crippen molar-refractivity contribution >= 4 is 17.3 Å². The molecule has 1 fully saturated rings. The van der Waals surface area contributed by atoms with Gasteiger partial charge in [0, 0.05) is 24.0 Å². The van der Waals surface area contributed by atoms with E-state index in [1.165, 1.54) is 0 Å². The quantitative estimate of drug-likeness (QED) is 0.839. The summed E-state index contributed by atoms with van der Waals surface area (Å²) in [6.07, 6.45) is 4.09. The van der Waals surface area contributed by atoms with Gasteiger partial charge >= 0.3 is 5.97 Å². The highest BCUT2D eigenvalue weighted by Gasteiger charge is 2.40. The second-order valence-corrected chi connectivity index (χ2v) is 5.71. The fourth-order valence-corrected chi connectivity index (χ4v) is 3.14. The van der Waals surface area contributed by atoms with Crippen molar-refractivity contribution in [2.75, 3.05) is 13.1 Å². The summed E-state index contributed by atoms with van der Waals surface area (Å²) in [4.78, 5) is 16.7. The van der Waals surface area contributed by atoms with E-state index in [2.05, 4.69) is 10.3 Å². The van der Waals surface area contributed by atoms with Crippen LogP contribution in [0, 0.1) is 12.3 Å². The topological polar surface area (TPSA) is 62.2 Å². The average Bonchev–Trinajstić information content (AvgIpc) is 2.65. The number of nitrogens with zero attached hydrogens (tertiary/aromatic N) is 1. The molecule has 0 saturated carbocycles. The third kappa shape index (κ3) is 2.25. The van der Waals surface area contributed by atoms with Crippen LogP contribution in [0.3, 0.4) is 0 Å². The Balaban J connectivity index is 2.16. The molecule has 0 spiro atoms. The Morgan fingerprint density at radius 3 is 3.06 bits per heavy atom. The maximum atomic E-state index is 11.4. The van der Waals surface area contributed by atoms with Gasteiger partial charge in [-0.05, 0) is 26.3 Å². The lowest BCUT2D eigenvalue weighted by molar-refractivity contribution is -0.150. The van der Waals surface area contributed by atoms with E-state index in [-0.39, 0.29) is 0 Å². The van der Waals surface area contributed by atoms with Crippen molar-refractivity contribution in [1.29, 1.82) is 0 Å². The lowest BCUT2D eigenvalue weighted by Gasteiger charge is -2.33. The van der Waals surface area contributed by atoms with E-state index in [0.29, 0.717) is 13.0 Å². The molecule has 2 heterocycles. The van der Waals surface area contributed by atoms with Crippen LogP contribution in [-0.4, -0.2) is 29.1 Å². The number of hydrogen-bond donors (Lipinski definition) is 2. The van der Waals surface area contributed by atoms with Crippen molar-refractivity contribution in [3.8, 4) is 0 Å². The zero-order valence-electron chi connectivity index (χ0n) is 9.32. The Morgan fingerprint density at radius 1 is 1.75 bits per heavy atom. The van der Waals surface area contributed by atoms with Crippen molar-refractivity contribution in [2.24, 2.45) is 5.41 Å². The molecule has 16 heavy (non-hydrogen) atoms. The number of nitrogens with one attached hydrogen (secondary N) is 1. The van der Waals surface area contributed by atoms with Crippen molar-refractivity contribution in [3.63, 3.8) is 0 Å². The smallest absolute Gasteiger partial charge is 0.311 e. The van der Waals surface area contributed by atoms with E-state index in [1.54, 1.807) is 17.5 Å². The van der Waals surface area contributed by atoms with Gasteiger partial charge in [-0.25, -0.2) is 4.98 Å². The Labute approximate surface area is 98.7 Å². The van der Waals surface area contributed by atoms with Crippen LogP contribution in [0.25, 0.3) is 0 Å². The molecule has 1 saturated heterocycles. The third-order valence-corrected chi connectivity index (χ3v) is 4.02. The molecule has 1 aliphatic rings. The van der Waals surface area contributed by atoms with Gasteiger partial charge in [0.25, 0.3) is 0 Å². The summed E-state index contributed by atoms with van der Waals surface area (Å²) in [6, 6.07) is 0. The molecular formula is C11H16N2O2S. The molecule has 0 aromatic carbocycles. The third-order valence-electron chi connectivity index (χ3n) is 3.11. The highest BCUT2D eigenvalue weighted by atomic mass is 32.1. The molecule has 0 bridgehead atoms. The molecule has 5 heteroatoms. The molecule has 0 radical (unpaired) electrons. The number of aromatic nitrogens is 1. The first kappa shape index (κ1) is 11.5. The van der Waals surface area contributed by atoms with Gasteiger partial charge in [-0.2, -0.15) is 0 Å². The molecule has 0 amide bonds. The van der Waals surface area contributed by atoms with Crippen LogP contribution in [-0.2, 0) is 11.2 Å². The first-order chi connectivity index (χ1) is 7.62. The van der Waals surface area contributed by atoms with Gasteiger partial charge in [0.1, 0.15) is 0 Å². The minimum Gasteiger partial charge on any atom is -0.481 e. The first-order valence-electron chi connectivity index (χ1n) is 5.48. The summed E-state index contributed by atoms with van der Waals surface area (Å²) in [7, 11) is 0. The number of carboxylic acids is 1. The Kier molecular flexibility index (Phi) is 3.25. The molecule has 1 atom stereocenters. The van der Waals surface area contributed by atoms with Crippen LogP contribution >= 0.6 is 11.3 Å². The van der Waals surface area contributed by atoms with E-state index < -0.39 is 11.4 Å². The molecule has 2 rings (SSSR count). The molecular weight excluding hydrogens is 224 g/mol. The largest absolute Gasteiger partial charge is 0.481 e. The van der Waals surface area contributed by atoms with Gasteiger partial charge in [-0.3, -0.25) is 4.79 Å². The van der Waals surface area contributed by atoms with E-state index >= 15 is 0 Å². The van der Waals surface area contributed by atoms with Crippen LogP contribution in [0.2, 0.25) is 0 Å². The van der Waals surface area contributed by atoms with Gasteiger partial charge in [0.15, 0.2) is 0 Å². The molecule has 2 N–H and O–H groups in total. The molecule has 88 valence electrons. The molecule has 0 aliphatic carbocycles. The predicted molar refractivity (Wildman–Crippen MR) is 62.7 cm³/mol. The highest BCUT2D eigenvalue weighted by Crippen LogP contribution is 2.32. The monoisotopic (exact) mass is 240 g/mol. The van der Waals surface area contributed by atoms with E-state index in [1.807, 2.05) is 6.92 Å². The Morgan fingerprint density at radius 2 is 2.56 bits per heavy atom. The highest BCUT2D eigenvalue weighted by molar-refractivity contribution is 7.11. The normalized spacial score (nSPS) is 25.6. The first-order valence-corrected chi connectivity index (χ1v) is 6.29. The second kappa shape index (κ2) is 4.51. The summed E-state index contributed by atoms with van der Waals surface area (Å²) in [5.41, 5.74) is -0.628. The summed E-state index contributed by atoms with van der Waals surface area (Å²) in [6.45, 7) is 3.44. The summed E-state index contributed by atoms with van der Waals surface area (Å²) in [5, 5.41) is 13.6. The number of carbonyl (C=O) groups is 1. The second-order valence-electron chi connectivity index (χ2n) is 4.39. The molecule has 4 nitrogen and oxygen atoms in total. The van der Waals surface area contributed by atoms with Crippen LogP contribution in [0.15, 0.2) is 6.20 Å². The zero-order valence-corrected chi connectivity index (χ0v) is 10.1. The number of aryl methyl sites for hydroxylation is 1. The summed E-state index contributed by atoms with van der Waals surface area (Å²) in [5.74, 6) is -0.689. The lowest BCUT2D eigenvalue weighted by Crippen LogP contribution is -2.46. The Bertz CT molecular complexity index is 383. The minimum absolute atomic E-state index is 0.569. The van der Waals surface area contributed by atoms with Gasteiger partial charge in [-0.1, -0.05) is 0 Å². The number of aliphatic carboxylic acids is 1. The van der Waals surface area contributed by atoms with Crippen LogP contribution in [0.5, 0.6) is 0 Å². The standard InChI is InChI=1S/C11H16N2O2S/c1-8-13-6-9(16-8)5-11(10(14)15)3-2-4-12-7-11/h6,12H,2-5,7H2,1H3,(H,14,15). The number of rotatable bonds is 3. The van der Waals surface area contributed by atoms with Crippen molar-refractivity contribution < 1.29 is 9.90 Å². The Hall–Kier alpha value is -0.940. The molecule has 1 aromatic rings. The predicted octanol–water partition coefficient (Wildman–Crippen LogP) is 1.45. The van der Waals surface area contributed by atoms with Crippen LogP contribution in [0.1, 0.15) is 22.7 Å². The number of carboxylic acid groups (broad SMARTS) is 1. The summed E-state index contributed by atoms with van der Waals surface area (Å²) >= 11 is 1.60. The van der Waals surface area contributed by atoms with Gasteiger partial charge in [0.05, 0.1) is 10.4 Å². The fourth-order valence-electron chi connectivity index (χ4n) is 2.20. The summed E-state index contributed by atoms with van der Waals surface area (Å²) < 4.78 is 0. The molecule has 1 aliphatic heterocycles. The van der Waals surface area contributed by atoms with Gasteiger partial charge in [0.2, 0.25) is 0 Å². The fraction of sp³-hybridized carbons (Fsp3) is 0.636. The maximum absolute atomic E-state index is 11.4. The van der Waals surface area contributed by atoms with Crippen LogP contribution < -0.4 is 5.32 Å². The van der Waals surface area contributed by atoms with E-state index in [0.717, 1.165) is 29.3 Å². The number of thiazole rings is 1. The van der Waals surface area contributed by atoms with Crippen molar-refractivity contribution in [1.82, 2.24) is 10.3 Å². The SMILES string of the molecule is Cc1ncc(CC2(C(=O)O)CCCNC2)s1. The van der Waals surface area contributed by atoms with Crippen molar-refractivity contribution in [3.05, 3.63) is 16.1 Å². The lowest BCUT2D eigenvalue weighted by atomic mass is 9.77. The number of hydrogen-bond acceptors (Lipinski definition) is 4. The van der Waals surface area contributed by atoms with E-state index in [9.17, 15) is 9.90 Å². The number of piperidine rings is 1. The average molecular weight is 240 g/mol. The van der Waals surface area contributed by atoms with Crippen molar-refractivity contribution in [2.45, 2.75) is 26.2 Å². The van der Waals surface area contributed by atoms with Crippen LogP contribution in [0.4, 0.5) is 0 Å². The zero-order chi connectivity index (χ0) is 11.6. The van der Waals surface area contributed by atoms with Gasteiger partial charge in [-0.15, -0.1) is 11.3 Å². The van der Waals surface area contributed by atoms with Gasteiger partial charge < -0.3 is 10.4 Å². The maximum Gasteiger partial charge on any atom is 0.311 e. The molecule has 1 aromatic heterocycles. The molecule has 1 unspecified atom stereocenters. The van der Waals surface area contributed by atoms with E-state index in [4.69, 9.17) is 0 Å².